The molecule has 0 saturated carbocycles. The van der Waals surface area contributed by atoms with Gasteiger partial charge in [0.2, 0.25) is 0 Å². The molecule has 1 aromatic rings. The summed E-state index contributed by atoms with van der Waals surface area (Å²) in [5, 5.41) is 15.2. The average Bonchev–Trinajstić information content (AvgIpc) is 2.55. The Hall–Kier alpha value is -1.84. The van der Waals surface area contributed by atoms with Gasteiger partial charge in [-0.1, -0.05) is 30.3 Å². The number of carbonyl (C=O) groups is 1. The zero-order valence-corrected chi connectivity index (χ0v) is 9.29. The maximum absolute atomic E-state index is 11.2. The van der Waals surface area contributed by atoms with E-state index in [2.05, 4.69) is 5.10 Å². The second-order valence-electron chi connectivity index (χ2n) is 3.99. The quantitative estimate of drug-likeness (QED) is 0.822. The van der Waals surface area contributed by atoms with E-state index in [9.17, 15) is 9.90 Å². The average molecular weight is 218 g/mol. The monoisotopic (exact) mass is 218 g/mol. The summed E-state index contributed by atoms with van der Waals surface area (Å²) in [6.45, 7) is 1.76. The zero-order valence-electron chi connectivity index (χ0n) is 9.29. The van der Waals surface area contributed by atoms with E-state index in [1.807, 2.05) is 37.4 Å². The fraction of sp³-hybridized carbons (Fsp3) is 0.333. The highest BCUT2D eigenvalue weighted by molar-refractivity contribution is 6.02. The normalized spacial score (nSPS) is 24.4. The lowest BCUT2D eigenvalue weighted by atomic mass is 9.91. The molecule has 1 aliphatic rings. The summed E-state index contributed by atoms with van der Waals surface area (Å²) in [5.74, 6) is -1.37. The Morgan fingerprint density at radius 2 is 2.00 bits per heavy atom. The molecular weight excluding hydrogens is 204 g/mol. The van der Waals surface area contributed by atoms with Gasteiger partial charge in [0.05, 0.1) is 11.8 Å². The minimum atomic E-state index is -0.820. The van der Waals surface area contributed by atoms with Crippen LogP contribution >= 0.6 is 0 Å². The number of carboxylic acids is 1. The molecule has 4 heteroatoms. The molecule has 84 valence electrons. The van der Waals surface area contributed by atoms with Crippen molar-refractivity contribution in [3.8, 4) is 0 Å². The summed E-state index contributed by atoms with van der Waals surface area (Å²) < 4.78 is 0. The molecule has 2 rings (SSSR count). The predicted octanol–water partition coefficient (Wildman–Crippen LogP) is 1.75. The number of hydrogen-bond donors (Lipinski definition) is 1. The van der Waals surface area contributed by atoms with Gasteiger partial charge in [0.25, 0.3) is 0 Å². The molecular formula is C12H14N2O2. The van der Waals surface area contributed by atoms with Gasteiger partial charge >= 0.3 is 5.97 Å². The first-order valence-corrected chi connectivity index (χ1v) is 5.17. The highest BCUT2D eigenvalue weighted by Gasteiger charge is 2.39. The van der Waals surface area contributed by atoms with Crippen molar-refractivity contribution in [3.63, 3.8) is 0 Å². The van der Waals surface area contributed by atoms with Crippen LogP contribution in [0.5, 0.6) is 0 Å². The van der Waals surface area contributed by atoms with Crippen molar-refractivity contribution in [2.45, 2.75) is 13.0 Å². The van der Waals surface area contributed by atoms with Crippen LogP contribution in [0.4, 0.5) is 0 Å². The van der Waals surface area contributed by atoms with Gasteiger partial charge in [-0.25, -0.2) is 0 Å². The second-order valence-corrected chi connectivity index (χ2v) is 3.99. The van der Waals surface area contributed by atoms with Gasteiger partial charge in [0.1, 0.15) is 5.92 Å². The molecule has 4 nitrogen and oxygen atoms in total. The minimum absolute atomic E-state index is 0.196. The Bertz CT molecular complexity index is 428. The van der Waals surface area contributed by atoms with Crippen LogP contribution in [0.25, 0.3) is 0 Å². The fourth-order valence-electron chi connectivity index (χ4n) is 2.19. The number of hydrogen-bond acceptors (Lipinski definition) is 3. The van der Waals surface area contributed by atoms with Gasteiger partial charge < -0.3 is 5.11 Å². The van der Waals surface area contributed by atoms with Crippen LogP contribution in [0.1, 0.15) is 18.5 Å². The second kappa shape index (κ2) is 3.96. The van der Waals surface area contributed by atoms with Crippen molar-refractivity contribution in [3.05, 3.63) is 35.9 Å². The van der Waals surface area contributed by atoms with Gasteiger partial charge in [-0.15, -0.1) is 0 Å². The number of nitrogens with zero attached hydrogens (tertiary/aromatic N) is 2. The lowest BCUT2D eigenvalue weighted by molar-refractivity contribution is -0.140. The largest absolute Gasteiger partial charge is 0.481 e. The molecule has 0 saturated heterocycles. The van der Waals surface area contributed by atoms with Crippen LogP contribution < -0.4 is 0 Å². The third-order valence-corrected chi connectivity index (χ3v) is 2.89. The lowest BCUT2D eigenvalue weighted by Crippen LogP contribution is -2.28. The lowest BCUT2D eigenvalue weighted by Gasteiger charge is -2.22. The molecule has 2 atom stereocenters. The van der Waals surface area contributed by atoms with Gasteiger partial charge in [-0.3, -0.25) is 9.80 Å². The van der Waals surface area contributed by atoms with Crippen molar-refractivity contribution in [2.75, 3.05) is 7.05 Å². The summed E-state index contributed by atoms with van der Waals surface area (Å²) in [7, 11) is 1.81. The standard InChI is InChI=1S/C12H14N2O2/c1-8-10(12(15)16)11(14(2)13-8)9-6-4-3-5-7-9/h3-7,10-11H,1-2H3,(H,15,16). The van der Waals surface area contributed by atoms with Crippen LogP contribution in [0.3, 0.4) is 0 Å². The molecule has 0 spiro atoms. The molecule has 0 aliphatic carbocycles. The number of rotatable bonds is 2. The third-order valence-electron chi connectivity index (χ3n) is 2.89. The summed E-state index contributed by atoms with van der Waals surface area (Å²) in [4.78, 5) is 11.2. The van der Waals surface area contributed by atoms with E-state index >= 15 is 0 Å². The van der Waals surface area contributed by atoms with E-state index in [1.54, 1.807) is 11.9 Å². The number of aliphatic carboxylic acids is 1. The zero-order chi connectivity index (χ0) is 11.7. The summed E-state index contributed by atoms with van der Waals surface area (Å²) in [5.41, 5.74) is 1.64. The first-order chi connectivity index (χ1) is 7.61. The fourth-order valence-corrected chi connectivity index (χ4v) is 2.19. The third kappa shape index (κ3) is 1.66. The van der Waals surface area contributed by atoms with Gasteiger partial charge in [0.15, 0.2) is 0 Å². The Kier molecular flexibility index (Phi) is 2.64. The van der Waals surface area contributed by atoms with Crippen LogP contribution in [0.15, 0.2) is 35.4 Å². The van der Waals surface area contributed by atoms with Gasteiger partial charge in [0, 0.05) is 7.05 Å². The molecule has 0 fully saturated rings. The molecule has 0 radical (unpaired) electrons. The van der Waals surface area contributed by atoms with Crippen LogP contribution in [0, 0.1) is 5.92 Å². The maximum atomic E-state index is 11.2. The SMILES string of the molecule is CC1=NN(C)C(c2ccccc2)C1C(=O)O. The molecule has 0 bridgehead atoms. The summed E-state index contributed by atoms with van der Waals surface area (Å²) in [6, 6.07) is 9.42. The molecule has 2 unspecified atom stereocenters. The Balaban J connectivity index is 2.38. The molecule has 1 aliphatic heterocycles. The van der Waals surface area contributed by atoms with Crippen LogP contribution in [-0.4, -0.2) is 28.8 Å². The van der Waals surface area contributed by atoms with Crippen molar-refractivity contribution >= 4 is 11.7 Å². The number of carboxylic acid groups (broad SMARTS) is 1. The van der Waals surface area contributed by atoms with E-state index in [0.29, 0.717) is 5.71 Å². The van der Waals surface area contributed by atoms with E-state index < -0.39 is 11.9 Å². The highest BCUT2D eigenvalue weighted by Crippen LogP contribution is 2.34. The molecule has 16 heavy (non-hydrogen) atoms. The van der Waals surface area contributed by atoms with Crippen LogP contribution in [-0.2, 0) is 4.79 Å². The summed E-state index contributed by atoms with van der Waals surface area (Å²) >= 11 is 0. The van der Waals surface area contributed by atoms with Gasteiger partial charge in [-0.2, -0.15) is 5.10 Å². The predicted molar refractivity (Wildman–Crippen MR) is 61.2 cm³/mol. The molecule has 0 aromatic heterocycles. The molecule has 1 N–H and O–H groups in total. The van der Waals surface area contributed by atoms with Crippen LogP contribution in [0.2, 0.25) is 0 Å². The van der Waals surface area contributed by atoms with Crippen molar-refractivity contribution in [2.24, 2.45) is 11.0 Å². The van der Waals surface area contributed by atoms with E-state index in [1.165, 1.54) is 0 Å². The van der Waals surface area contributed by atoms with Crippen molar-refractivity contribution in [1.82, 2.24) is 5.01 Å². The molecule has 1 heterocycles. The molecule has 0 amide bonds. The molecule has 1 aromatic carbocycles. The van der Waals surface area contributed by atoms with Crippen molar-refractivity contribution < 1.29 is 9.90 Å². The maximum Gasteiger partial charge on any atom is 0.314 e. The summed E-state index contributed by atoms with van der Waals surface area (Å²) in [6.07, 6.45) is 0. The van der Waals surface area contributed by atoms with E-state index in [4.69, 9.17) is 0 Å². The Labute approximate surface area is 94.2 Å². The Morgan fingerprint density at radius 3 is 2.56 bits per heavy atom. The van der Waals surface area contributed by atoms with Crippen molar-refractivity contribution in [1.29, 1.82) is 0 Å². The van der Waals surface area contributed by atoms with E-state index in [-0.39, 0.29) is 6.04 Å². The van der Waals surface area contributed by atoms with Gasteiger partial charge in [-0.05, 0) is 12.5 Å². The van der Waals surface area contributed by atoms with E-state index in [0.717, 1.165) is 5.56 Å². The first kappa shape index (κ1) is 10.7. The highest BCUT2D eigenvalue weighted by atomic mass is 16.4. The topological polar surface area (TPSA) is 52.9 Å². The first-order valence-electron chi connectivity index (χ1n) is 5.17. The number of benzene rings is 1. The Morgan fingerprint density at radius 1 is 1.38 bits per heavy atom. The number of hydrazone groups is 1. The minimum Gasteiger partial charge on any atom is -0.481 e. The smallest absolute Gasteiger partial charge is 0.314 e.